The molecule has 0 amide bonds. The van der Waals surface area contributed by atoms with Crippen LogP contribution in [0.15, 0.2) is 39.6 Å². The molecule has 1 heterocycles. The van der Waals surface area contributed by atoms with E-state index in [0.29, 0.717) is 22.2 Å². The summed E-state index contributed by atoms with van der Waals surface area (Å²) in [5.41, 5.74) is 1.02. The van der Waals surface area contributed by atoms with Gasteiger partial charge in [-0.05, 0) is 25.1 Å². The van der Waals surface area contributed by atoms with Crippen LogP contribution in [0.1, 0.15) is 6.92 Å². The third-order valence-electron chi connectivity index (χ3n) is 2.14. The molecule has 0 fully saturated rings. The van der Waals surface area contributed by atoms with Crippen LogP contribution >= 0.6 is 0 Å². The fourth-order valence-electron chi connectivity index (χ4n) is 1.36. The molecule has 0 unspecified atom stereocenters. The molecule has 0 aromatic heterocycles. The highest BCUT2D eigenvalue weighted by Gasteiger charge is 2.05. The van der Waals surface area contributed by atoms with Crippen LogP contribution in [0.25, 0.3) is 24.1 Å². The van der Waals surface area contributed by atoms with Gasteiger partial charge >= 0.3 is 0 Å². The Labute approximate surface area is 92.4 Å². The van der Waals surface area contributed by atoms with Crippen molar-refractivity contribution in [3.05, 3.63) is 51.3 Å². The first-order valence-corrected chi connectivity index (χ1v) is 4.93. The maximum absolute atomic E-state index is 11.1. The number of aromatic nitrogens is 1. The van der Waals surface area contributed by atoms with Crippen molar-refractivity contribution < 1.29 is 4.42 Å². The van der Waals surface area contributed by atoms with Crippen LogP contribution in [0.4, 0.5) is 0 Å². The summed E-state index contributed by atoms with van der Waals surface area (Å²) in [6.07, 6.45) is 5.57. The SMILES string of the molecule is C=c1oc2cc(=O)ccc-2n/c1=C/C=C\C. The second-order valence-electron chi connectivity index (χ2n) is 3.34. The van der Waals surface area contributed by atoms with E-state index in [1.165, 1.54) is 12.1 Å². The molecule has 3 nitrogen and oxygen atoms in total. The van der Waals surface area contributed by atoms with Gasteiger partial charge in [-0.3, -0.25) is 4.79 Å². The van der Waals surface area contributed by atoms with Gasteiger partial charge < -0.3 is 4.42 Å². The van der Waals surface area contributed by atoms with Gasteiger partial charge in [0.2, 0.25) is 0 Å². The molecule has 80 valence electrons. The van der Waals surface area contributed by atoms with E-state index in [0.717, 1.165) is 0 Å². The molecule has 0 bridgehead atoms. The summed E-state index contributed by atoms with van der Waals surface area (Å²) < 4.78 is 5.43. The van der Waals surface area contributed by atoms with Gasteiger partial charge in [-0.15, -0.1) is 0 Å². The average Bonchev–Trinajstić information content (AvgIpc) is 2.26. The summed E-state index contributed by atoms with van der Waals surface area (Å²) >= 11 is 0. The summed E-state index contributed by atoms with van der Waals surface area (Å²) in [4.78, 5) is 15.5. The van der Waals surface area contributed by atoms with Gasteiger partial charge in [-0.25, -0.2) is 4.98 Å². The Morgan fingerprint density at radius 1 is 1.44 bits per heavy atom. The van der Waals surface area contributed by atoms with Crippen molar-refractivity contribution in [3.63, 3.8) is 0 Å². The Kier molecular flexibility index (Phi) is 2.68. The quantitative estimate of drug-likeness (QED) is 0.707. The monoisotopic (exact) mass is 213 g/mol. The first kappa shape index (κ1) is 10.4. The fraction of sp³-hybridized carbons (Fsp3) is 0.0769. The van der Waals surface area contributed by atoms with Crippen molar-refractivity contribution in [1.82, 2.24) is 4.98 Å². The topological polar surface area (TPSA) is 43.1 Å². The maximum Gasteiger partial charge on any atom is 0.182 e. The number of benzene rings is 1. The van der Waals surface area contributed by atoms with Crippen LogP contribution in [-0.2, 0) is 0 Å². The second kappa shape index (κ2) is 4.14. The molecule has 1 aliphatic heterocycles. The van der Waals surface area contributed by atoms with Gasteiger partial charge in [0, 0.05) is 6.07 Å². The second-order valence-corrected chi connectivity index (χ2v) is 3.34. The van der Waals surface area contributed by atoms with E-state index >= 15 is 0 Å². The predicted octanol–water partition coefficient (Wildman–Crippen LogP) is 0.906. The van der Waals surface area contributed by atoms with Crippen molar-refractivity contribution in [3.8, 4) is 11.5 Å². The number of nitrogens with zero attached hydrogens (tertiary/aromatic N) is 1. The minimum absolute atomic E-state index is 0.0948. The minimum Gasteiger partial charge on any atom is -0.453 e. The van der Waals surface area contributed by atoms with Crippen molar-refractivity contribution in [2.24, 2.45) is 0 Å². The van der Waals surface area contributed by atoms with E-state index in [2.05, 4.69) is 11.6 Å². The summed E-state index contributed by atoms with van der Waals surface area (Å²) in [5.74, 6) is 0.468. The first-order chi connectivity index (χ1) is 7.70. The van der Waals surface area contributed by atoms with E-state index < -0.39 is 0 Å². The third kappa shape index (κ3) is 1.93. The van der Waals surface area contributed by atoms with Crippen LogP contribution in [-0.4, -0.2) is 4.98 Å². The van der Waals surface area contributed by atoms with Gasteiger partial charge in [0.05, 0.1) is 0 Å². The molecular formula is C13H11NO2. The zero-order chi connectivity index (χ0) is 11.5. The predicted molar refractivity (Wildman–Crippen MR) is 63.4 cm³/mol. The van der Waals surface area contributed by atoms with Crippen molar-refractivity contribution >= 4 is 12.7 Å². The number of allylic oxidation sites excluding steroid dienone is 2. The van der Waals surface area contributed by atoms with Crippen LogP contribution in [0, 0.1) is 0 Å². The Hall–Kier alpha value is -2.16. The highest BCUT2D eigenvalue weighted by molar-refractivity contribution is 5.53. The largest absolute Gasteiger partial charge is 0.453 e. The lowest BCUT2D eigenvalue weighted by Gasteiger charge is -2.01. The van der Waals surface area contributed by atoms with Gasteiger partial charge in [0.25, 0.3) is 0 Å². The molecule has 0 saturated heterocycles. The highest BCUT2D eigenvalue weighted by Crippen LogP contribution is 2.10. The van der Waals surface area contributed by atoms with E-state index in [9.17, 15) is 4.79 Å². The summed E-state index contributed by atoms with van der Waals surface area (Å²) in [6, 6.07) is 4.52. The molecule has 3 heteroatoms. The molecule has 0 spiro atoms. The van der Waals surface area contributed by atoms with Crippen LogP contribution in [0.5, 0.6) is 0 Å². The smallest absolute Gasteiger partial charge is 0.182 e. The molecule has 1 aliphatic carbocycles. The molecule has 0 aromatic carbocycles. The van der Waals surface area contributed by atoms with E-state index in [1.54, 1.807) is 6.07 Å². The zero-order valence-corrected chi connectivity index (χ0v) is 8.93. The minimum atomic E-state index is -0.0948. The van der Waals surface area contributed by atoms with Gasteiger partial charge in [-0.2, -0.15) is 0 Å². The average molecular weight is 213 g/mol. The summed E-state index contributed by atoms with van der Waals surface area (Å²) in [6.45, 7) is 5.67. The standard InChI is InChI=1S/C13H11NO2/c1-3-4-5-11-9(2)16-13-8-10(15)6-7-12(13)14-11/h3-8H,2H2,1H3/b4-3-,11-5+. The Morgan fingerprint density at radius 3 is 3.00 bits per heavy atom. The molecule has 0 saturated carbocycles. The lowest BCUT2D eigenvalue weighted by atomic mass is 10.2. The van der Waals surface area contributed by atoms with Crippen molar-refractivity contribution in [2.45, 2.75) is 6.92 Å². The molecule has 2 aliphatic rings. The zero-order valence-electron chi connectivity index (χ0n) is 8.93. The fourth-order valence-corrected chi connectivity index (χ4v) is 1.36. The van der Waals surface area contributed by atoms with Gasteiger partial charge in [0.15, 0.2) is 11.2 Å². The maximum atomic E-state index is 11.1. The third-order valence-corrected chi connectivity index (χ3v) is 2.14. The van der Waals surface area contributed by atoms with Crippen molar-refractivity contribution in [1.29, 1.82) is 0 Å². The molecule has 0 aromatic rings. The van der Waals surface area contributed by atoms with Gasteiger partial charge in [-0.1, -0.05) is 18.7 Å². The van der Waals surface area contributed by atoms with Crippen molar-refractivity contribution in [2.75, 3.05) is 0 Å². The van der Waals surface area contributed by atoms with E-state index in [1.807, 2.05) is 25.2 Å². The summed E-state index contributed by atoms with van der Waals surface area (Å²) in [5, 5.41) is 0.671. The Morgan fingerprint density at radius 2 is 2.25 bits per heavy atom. The molecule has 16 heavy (non-hydrogen) atoms. The lowest BCUT2D eigenvalue weighted by molar-refractivity contribution is 0.515. The summed E-state index contributed by atoms with van der Waals surface area (Å²) in [7, 11) is 0. The molecular weight excluding hydrogens is 202 g/mol. The lowest BCUT2D eigenvalue weighted by Crippen LogP contribution is -2.28. The van der Waals surface area contributed by atoms with Crippen LogP contribution < -0.4 is 16.2 Å². The normalized spacial score (nSPS) is 12.7. The number of rotatable bonds is 1. The number of fused-ring (bicyclic) bond motifs is 1. The van der Waals surface area contributed by atoms with E-state index in [4.69, 9.17) is 4.42 Å². The highest BCUT2D eigenvalue weighted by atomic mass is 16.3. The molecule has 0 atom stereocenters. The molecule has 0 N–H and O–H groups in total. The Balaban J connectivity index is 2.79. The van der Waals surface area contributed by atoms with Gasteiger partial charge in [0.1, 0.15) is 16.5 Å². The van der Waals surface area contributed by atoms with Crippen LogP contribution in [0.3, 0.4) is 0 Å². The number of hydrogen-bond donors (Lipinski definition) is 0. The first-order valence-electron chi connectivity index (χ1n) is 4.93. The molecule has 2 rings (SSSR count). The van der Waals surface area contributed by atoms with Crippen LogP contribution in [0.2, 0.25) is 0 Å². The Bertz CT molecular complexity index is 667. The number of hydrogen-bond acceptors (Lipinski definition) is 3. The molecule has 0 radical (unpaired) electrons. The van der Waals surface area contributed by atoms with E-state index in [-0.39, 0.29) is 5.43 Å².